The minimum atomic E-state index is -0.564. The van der Waals surface area contributed by atoms with E-state index in [2.05, 4.69) is 0 Å². The molecule has 1 amide bonds. The third-order valence-electron chi connectivity index (χ3n) is 2.99. The number of halogens is 3. The van der Waals surface area contributed by atoms with Crippen molar-refractivity contribution in [2.45, 2.75) is 18.9 Å². The molecule has 1 aromatic rings. The maximum absolute atomic E-state index is 13.2. The van der Waals surface area contributed by atoms with Crippen LogP contribution in [0.5, 0.6) is 0 Å². The molecule has 1 aliphatic rings. The van der Waals surface area contributed by atoms with Gasteiger partial charge in [0.25, 0.3) is 5.91 Å². The van der Waals surface area contributed by atoms with Crippen molar-refractivity contribution >= 4 is 29.9 Å². The maximum atomic E-state index is 13.2. The van der Waals surface area contributed by atoms with Crippen molar-refractivity contribution < 1.29 is 9.18 Å². The van der Waals surface area contributed by atoms with Gasteiger partial charge in [-0.15, -0.1) is 12.4 Å². The molecule has 0 spiro atoms. The first kappa shape index (κ1) is 15.2. The van der Waals surface area contributed by atoms with Crippen LogP contribution in [0.1, 0.15) is 23.2 Å². The van der Waals surface area contributed by atoms with Crippen LogP contribution < -0.4 is 5.73 Å². The van der Waals surface area contributed by atoms with Gasteiger partial charge < -0.3 is 10.6 Å². The predicted molar refractivity (Wildman–Crippen MR) is 71.8 cm³/mol. The van der Waals surface area contributed by atoms with E-state index in [-0.39, 0.29) is 29.4 Å². The van der Waals surface area contributed by atoms with Crippen LogP contribution in [0.3, 0.4) is 0 Å². The number of rotatable bonds is 1. The van der Waals surface area contributed by atoms with Gasteiger partial charge in [-0.1, -0.05) is 11.6 Å². The topological polar surface area (TPSA) is 46.3 Å². The van der Waals surface area contributed by atoms with Crippen molar-refractivity contribution in [2.24, 2.45) is 5.73 Å². The Hall–Kier alpha value is -0.840. The van der Waals surface area contributed by atoms with Gasteiger partial charge in [-0.25, -0.2) is 4.39 Å². The van der Waals surface area contributed by atoms with Crippen LogP contribution >= 0.6 is 24.0 Å². The summed E-state index contributed by atoms with van der Waals surface area (Å²) in [5.41, 5.74) is 6.10. The summed E-state index contributed by atoms with van der Waals surface area (Å²) >= 11 is 5.57. The lowest BCUT2D eigenvalue weighted by atomic mass is 10.0. The van der Waals surface area contributed by atoms with Gasteiger partial charge >= 0.3 is 0 Å². The summed E-state index contributed by atoms with van der Waals surface area (Å²) in [6.07, 6.45) is 1.59. The number of nitrogens with zero attached hydrogens (tertiary/aromatic N) is 1. The molecular weight excluding hydrogens is 278 g/mol. The van der Waals surface area contributed by atoms with E-state index in [0.717, 1.165) is 12.8 Å². The van der Waals surface area contributed by atoms with E-state index >= 15 is 0 Å². The van der Waals surface area contributed by atoms with E-state index in [1.165, 1.54) is 12.1 Å². The Kier molecular flexibility index (Phi) is 5.38. The van der Waals surface area contributed by atoms with Gasteiger partial charge in [0.1, 0.15) is 5.82 Å². The highest BCUT2D eigenvalue weighted by Gasteiger charge is 2.22. The zero-order valence-electron chi connectivity index (χ0n) is 9.73. The molecule has 1 aliphatic heterocycles. The summed E-state index contributed by atoms with van der Waals surface area (Å²) in [5, 5.41) is 0.0298. The molecule has 2 rings (SSSR count). The zero-order chi connectivity index (χ0) is 12.4. The molecule has 1 aromatic carbocycles. The van der Waals surface area contributed by atoms with Crippen molar-refractivity contribution in [3.8, 4) is 0 Å². The van der Waals surface area contributed by atoms with Crippen molar-refractivity contribution in [3.05, 3.63) is 34.6 Å². The lowest BCUT2D eigenvalue weighted by molar-refractivity contribution is 0.0714. The van der Waals surface area contributed by atoms with Gasteiger partial charge in [0.15, 0.2) is 0 Å². The largest absolute Gasteiger partial charge is 0.339 e. The number of hydrogen-bond donors (Lipinski definition) is 1. The van der Waals surface area contributed by atoms with Crippen LogP contribution in [0.2, 0.25) is 5.02 Å². The predicted octanol–water partition coefficient (Wildman–Crippen LogP) is 2.46. The molecule has 3 nitrogen and oxygen atoms in total. The number of nitrogens with two attached hydrogens (primary N) is 1. The summed E-state index contributed by atoms with van der Waals surface area (Å²) in [7, 11) is 0. The van der Waals surface area contributed by atoms with Crippen LogP contribution in [0, 0.1) is 5.82 Å². The van der Waals surface area contributed by atoms with Gasteiger partial charge in [-0.05, 0) is 31.0 Å². The van der Waals surface area contributed by atoms with Gasteiger partial charge in [-0.2, -0.15) is 0 Å². The van der Waals surface area contributed by atoms with Crippen LogP contribution in [-0.2, 0) is 0 Å². The second-order valence-corrected chi connectivity index (χ2v) is 4.67. The molecule has 0 aromatic heterocycles. The van der Waals surface area contributed by atoms with E-state index < -0.39 is 5.82 Å². The number of carbonyl (C=O) groups excluding carboxylic acids is 1. The van der Waals surface area contributed by atoms with Crippen molar-refractivity contribution in [2.75, 3.05) is 13.1 Å². The lowest BCUT2D eigenvalue weighted by Crippen LogP contribution is -2.42. The molecule has 100 valence electrons. The SMILES string of the molecule is Cl.NC1CCN(C(=O)c2ccc(Cl)c(F)c2)CC1. The highest BCUT2D eigenvalue weighted by Crippen LogP contribution is 2.18. The summed E-state index contributed by atoms with van der Waals surface area (Å²) in [4.78, 5) is 13.7. The van der Waals surface area contributed by atoms with Crippen LogP contribution in [0.15, 0.2) is 18.2 Å². The fourth-order valence-corrected chi connectivity index (χ4v) is 2.03. The molecule has 2 N–H and O–H groups in total. The summed E-state index contributed by atoms with van der Waals surface area (Å²) in [6.45, 7) is 1.26. The number of amides is 1. The van der Waals surface area contributed by atoms with Crippen LogP contribution in [0.25, 0.3) is 0 Å². The number of benzene rings is 1. The highest BCUT2D eigenvalue weighted by molar-refractivity contribution is 6.30. The molecule has 0 aliphatic carbocycles. The average molecular weight is 293 g/mol. The third kappa shape index (κ3) is 3.34. The summed E-state index contributed by atoms with van der Waals surface area (Å²) < 4.78 is 13.2. The Balaban J connectivity index is 0.00000162. The molecule has 0 atom stereocenters. The Morgan fingerprint density at radius 1 is 1.39 bits per heavy atom. The number of likely N-dealkylation sites (tertiary alicyclic amines) is 1. The fourth-order valence-electron chi connectivity index (χ4n) is 1.91. The first-order valence-electron chi connectivity index (χ1n) is 5.58. The molecular formula is C12H15Cl2FN2O. The quantitative estimate of drug-likeness (QED) is 0.864. The van der Waals surface area contributed by atoms with Gasteiger partial charge in [0, 0.05) is 24.7 Å². The fraction of sp³-hybridized carbons (Fsp3) is 0.417. The molecule has 0 saturated carbocycles. The molecule has 1 fully saturated rings. The van der Waals surface area contributed by atoms with Gasteiger partial charge in [-0.3, -0.25) is 4.79 Å². The first-order valence-corrected chi connectivity index (χ1v) is 5.95. The normalized spacial score (nSPS) is 16.3. The monoisotopic (exact) mass is 292 g/mol. The van der Waals surface area contributed by atoms with E-state index in [1.54, 1.807) is 11.0 Å². The van der Waals surface area contributed by atoms with E-state index in [4.69, 9.17) is 17.3 Å². The number of piperidine rings is 1. The Morgan fingerprint density at radius 3 is 2.56 bits per heavy atom. The zero-order valence-corrected chi connectivity index (χ0v) is 11.3. The second-order valence-electron chi connectivity index (χ2n) is 4.26. The molecule has 18 heavy (non-hydrogen) atoms. The van der Waals surface area contributed by atoms with Crippen molar-refractivity contribution in [3.63, 3.8) is 0 Å². The van der Waals surface area contributed by atoms with Crippen LogP contribution in [-0.4, -0.2) is 29.9 Å². The minimum Gasteiger partial charge on any atom is -0.339 e. The maximum Gasteiger partial charge on any atom is 0.253 e. The molecule has 1 saturated heterocycles. The molecule has 0 bridgehead atoms. The van der Waals surface area contributed by atoms with E-state index in [9.17, 15) is 9.18 Å². The first-order chi connectivity index (χ1) is 8.08. The molecule has 0 radical (unpaired) electrons. The smallest absolute Gasteiger partial charge is 0.253 e. The Morgan fingerprint density at radius 2 is 2.00 bits per heavy atom. The minimum absolute atomic E-state index is 0. The van der Waals surface area contributed by atoms with Gasteiger partial charge in [0.05, 0.1) is 5.02 Å². The van der Waals surface area contributed by atoms with E-state index in [1.807, 2.05) is 0 Å². The lowest BCUT2D eigenvalue weighted by Gasteiger charge is -2.30. The van der Waals surface area contributed by atoms with E-state index in [0.29, 0.717) is 18.7 Å². The van der Waals surface area contributed by atoms with Crippen molar-refractivity contribution in [1.82, 2.24) is 4.90 Å². The second kappa shape index (κ2) is 6.36. The van der Waals surface area contributed by atoms with Gasteiger partial charge in [0.2, 0.25) is 0 Å². The summed E-state index contributed by atoms with van der Waals surface area (Å²) in [5.74, 6) is -0.723. The Labute approximate surface area is 116 Å². The number of hydrogen-bond acceptors (Lipinski definition) is 2. The molecule has 0 unspecified atom stereocenters. The molecule has 1 heterocycles. The van der Waals surface area contributed by atoms with Crippen LogP contribution in [0.4, 0.5) is 4.39 Å². The number of carbonyl (C=O) groups is 1. The Bertz CT molecular complexity index is 434. The van der Waals surface area contributed by atoms with Crippen molar-refractivity contribution in [1.29, 1.82) is 0 Å². The third-order valence-corrected chi connectivity index (χ3v) is 3.30. The molecule has 6 heteroatoms. The summed E-state index contributed by atoms with van der Waals surface area (Å²) in [6, 6.07) is 4.29. The highest BCUT2D eigenvalue weighted by atomic mass is 35.5. The standard InChI is InChI=1S/C12H14ClFN2O.ClH/c13-10-2-1-8(7-11(10)14)12(17)16-5-3-9(15)4-6-16;/h1-2,7,9H,3-6,15H2;1H. The average Bonchev–Trinajstić information content (AvgIpc) is 2.33.